The number of amides is 1. The van der Waals surface area contributed by atoms with Crippen LogP contribution in [0.3, 0.4) is 0 Å². The predicted molar refractivity (Wildman–Crippen MR) is 114 cm³/mol. The van der Waals surface area contributed by atoms with Crippen LogP contribution < -0.4 is 25.5 Å². The zero-order valence-corrected chi connectivity index (χ0v) is 18.3. The van der Waals surface area contributed by atoms with Crippen LogP contribution in [0.2, 0.25) is 0 Å². The maximum Gasteiger partial charge on any atom is 0.442 e. The number of aromatic amines is 1. The summed E-state index contributed by atoms with van der Waals surface area (Å²) in [6.45, 7) is 1.81. The second-order valence-electron chi connectivity index (χ2n) is 6.39. The molecule has 3 aromatic rings. The number of benzene rings is 2. The van der Waals surface area contributed by atoms with E-state index in [0.29, 0.717) is 23.5 Å². The number of aromatic nitrogens is 2. The number of ether oxygens (including phenoxy) is 1. The minimum atomic E-state index is -3.82. The van der Waals surface area contributed by atoms with E-state index in [0.717, 1.165) is 11.8 Å². The smallest absolute Gasteiger partial charge is 0.442 e. The van der Waals surface area contributed by atoms with Crippen molar-refractivity contribution in [3.05, 3.63) is 59.0 Å². The molecule has 12 heteroatoms. The normalized spacial score (nSPS) is 12.4. The number of sulfonamides is 1. The summed E-state index contributed by atoms with van der Waals surface area (Å²) in [5, 5.41) is 9.92. The van der Waals surface area contributed by atoms with E-state index in [1.807, 2.05) is 6.92 Å². The van der Waals surface area contributed by atoms with Crippen molar-refractivity contribution in [3.8, 4) is 11.4 Å². The molecule has 10 nitrogen and oxygen atoms in total. The SMILES string of the molecule is CCC(Sc1c(=O)o[nH][n+]1-c1ccc(OC)cc1)C(=O)Nc1ccc(S(N)(=O)=O)cc1. The van der Waals surface area contributed by atoms with Crippen molar-refractivity contribution in [2.75, 3.05) is 12.4 Å². The molecule has 0 spiro atoms. The Balaban J connectivity index is 1.78. The van der Waals surface area contributed by atoms with Crippen LogP contribution in [0.5, 0.6) is 5.75 Å². The lowest BCUT2D eigenvalue weighted by Gasteiger charge is -2.12. The van der Waals surface area contributed by atoms with Crippen LogP contribution in [0.15, 0.2) is 67.8 Å². The van der Waals surface area contributed by atoms with Crippen LogP contribution in [0, 0.1) is 0 Å². The number of thioether (sulfide) groups is 1. The minimum absolute atomic E-state index is 0.0580. The summed E-state index contributed by atoms with van der Waals surface area (Å²) < 4.78 is 34.2. The number of hydrogen-bond acceptors (Lipinski definition) is 7. The van der Waals surface area contributed by atoms with Crippen molar-refractivity contribution >= 4 is 33.4 Å². The average molecular weight is 466 g/mol. The fourth-order valence-electron chi connectivity index (χ4n) is 2.67. The van der Waals surface area contributed by atoms with Gasteiger partial charge in [-0.05, 0) is 64.5 Å². The van der Waals surface area contributed by atoms with Gasteiger partial charge in [-0.25, -0.2) is 18.4 Å². The van der Waals surface area contributed by atoms with Crippen LogP contribution in [-0.2, 0) is 14.8 Å². The Bertz CT molecular complexity index is 1220. The molecule has 0 aliphatic carbocycles. The number of nitrogens with zero attached hydrogens (tertiary/aromatic N) is 1. The van der Waals surface area contributed by atoms with Gasteiger partial charge in [0.05, 0.1) is 17.3 Å². The molecule has 0 aliphatic rings. The third-order valence-electron chi connectivity index (χ3n) is 4.31. The van der Waals surface area contributed by atoms with Crippen molar-refractivity contribution in [1.29, 1.82) is 0 Å². The molecule has 0 bridgehead atoms. The quantitative estimate of drug-likeness (QED) is 0.336. The summed E-state index contributed by atoms with van der Waals surface area (Å²) in [6.07, 6.45) is 0.430. The zero-order chi connectivity index (χ0) is 22.6. The zero-order valence-electron chi connectivity index (χ0n) is 16.7. The highest BCUT2D eigenvalue weighted by Crippen LogP contribution is 2.23. The maximum atomic E-state index is 12.8. The summed E-state index contributed by atoms with van der Waals surface area (Å²) in [5.41, 5.74) is 0.424. The van der Waals surface area contributed by atoms with Gasteiger partial charge in [-0.1, -0.05) is 6.92 Å². The van der Waals surface area contributed by atoms with Crippen LogP contribution in [0.25, 0.3) is 5.69 Å². The van der Waals surface area contributed by atoms with Gasteiger partial charge in [0.25, 0.3) is 0 Å². The van der Waals surface area contributed by atoms with Crippen LogP contribution in [0.4, 0.5) is 5.69 Å². The van der Waals surface area contributed by atoms with Crippen LogP contribution >= 0.6 is 11.8 Å². The second-order valence-corrected chi connectivity index (χ2v) is 9.15. The number of H-pyrrole nitrogens is 1. The Kier molecular flexibility index (Phi) is 6.83. The largest absolute Gasteiger partial charge is 0.497 e. The highest BCUT2D eigenvalue weighted by atomic mass is 32.2. The molecule has 2 aromatic carbocycles. The van der Waals surface area contributed by atoms with E-state index in [1.165, 1.54) is 28.9 Å². The van der Waals surface area contributed by atoms with Gasteiger partial charge in [-0.2, -0.15) is 0 Å². The number of methoxy groups -OCH3 is 1. The van der Waals surface area contributed by atoms with Gasteiger partial charge in [-0.15, -0.1) is 0 Å². The molecule has 4 N–H and O–H groups in total. The molecule has 31 heavy (non-hydrogen) atoms. The third kappa shape index (κ3) is 5.34. The van der Waals surface area contributed by atoms with Gasteiger partial charge >= 0.3 is 10.7 Å². The number of rotatable bonds is 8. The van der Waals surface area contributed by atoms with Gasteiger partial charge in [-0.3, -0.25) is 9.32 Å². The highest BCUT2D eigenvalue weighted by Gasteiger charge is 2.30. The molecule has 1 atom stereocenters. The van der Waals surface area contributed by atoms with Crippen molar-refractivity contribution in [2.24, 2.45) is 5.14 Å². The van der Waals surface area contributed by atoms with Crippen LogP contribution in [-0.4, -0.2) is 32.0 Å². The summed E-state index contributed by atoms with van der Waals surface area (Å²) in [4.78, 5) is 24.9. The molecule has 0 saturated heterocycles. The second kappa shape index (κ2) is 9.37. The fourth-order valence-corrected chi connectivity index (χ4v) is 4.18. The number of primary sulfonamides is 1. The summed E-state index contributed by atoms with van der Waals surface area (Å²) in [5.74, 6) is 0.307. The van der Waals surface area contributed by atoms with Gasteiger partial charge in [0.1, 0.15) is 5.75 Å². The first-order valence-corrected chi connectivity index (χ1v) is 11.5. The maximum absolute atomic E-state index is 12.8. The molecule has 1 unspecified atom stereocenters. The number of carbonyl (C=O) groups is 1. The Hall–Kier alpha value is -3.09. The Morgan fingerprint density at radius 3 is 2.42 bits per heavy atom. The molecule has 1 heterocycles. The summed E-state index contributed by atoms with van der Waals surface area (Å²) in [6, 6.07) is 12.4. The molecule has 3 rings (SSSR count). The molecule has 0 aliphatic heterocycles. The molecule has 0 saturated carbocycles. The van der Waals surface area contributed by atoms with Crippen molar-refractivity contribution in [1.82, 2.24) is 5.27 Å². The first-order valence-electron chi connectivity index (χ1n) is 9.11. The van der Waals surface area contributed by atoms with E-state index >= 15 is 0 Å². The van der Waals surface area contributed by atoms with E-state index in [2.05, 4.69) is 10.6 Å². The lowest BCUT2D eigenvalue weighted by molar-refractivity contribution is -0.704. The monoisotopic (exact) mass is 465 g/mol. The van der Waals surface area contributed by atoms with E-state index in [1.54, 1.807) is 31.4 Å². The molecule has 1 amide bonds. The Morgan fingerprint density at radius 2 is 1.87 bits per heavy atom. The lowest BCUT2D eigenvalue weighted by Crippen LogP contribution is -2.37. The number of nitrogens with two attached hydrogens (primary N) is 1. The fraction of sp³-hybridized carbons (Fsp3) is 0.211. The van der Waals surface area contributed by atoms with Crippen molar-refractivity contribution in [2.45, 2.75) is 28.5 Å². The topological polar surface area (TPSA) is 148 Å². The molecule has 0 radical (unpaired) electrons. The summed E-state index contributed by atoms with van der Waals surface area (Å²) >= 11 is 1.05. The average Bonchev–Trinajstić information content (AvgIpc) is 3.11. The number of hydrogen-bond donors (Lipinski definition) is 3. The molecule has 164 valence electrons. The number of anilines is 1. The molecular formula is C19H21N4O6S2+. The highest BCUT2D eigenvalue weighted by molar-refractivity contribution is 8.00. The summed E-state index contributed by atoms with van der Waals surface area (Å²) in [7, 11) is -2.27. The van der Waals surface area contributed by atoms with Crippen LogP contribution in [0.1, 0.15) is 13.3 Å². The van der Waals surface area contributed by atoms with Gasteiger partial charge in [0, 0.05) is 17.8 Å². The minimum Gasteiger partial charge on any atom is -0.497 e. The number of nitrogens with one attached hydrogen (secondary N) is 2. The predicted octanol–water partition coefficient (Wildman–Crippen LogP) is 1.41. The molecule has 0 fully saturated rings. The van der Waals surface area contributed by atoms with Crippen molar-refractivity contribution in [3.63, 3.8) is 0 Å². The van der Waals surface area contributed by atoms with Gasteiger partial charge in [0.2, 0.25) is 21.6 Å². The van der Waals surface area contributed by atoms with E-state index in [-0.39, 0.29) is 15.8 Å². The lowest BCUT2D eigenvalue weighted by atomic mass is 10.3. The van der Waals surface area contributed by atoms with Crippen molar-refractivity contribution < 1.29 is 27.2 Å². The molecular weight excluding hydrogens is 444 g/mol. The standard InChI is InChI=1S/C19H20N4O6S2/c1-3-16(17(24)21-12-4-10-15(11-5-12)31(20,26)27)30-18-19(25)29-22-23(18)13-6-8-14(28-2)9-7-13/h4-11,16H,3H2,1-2H3,(H3-,20,21,22,24,25,26,27)/p+1. The van der Waals surface area contributed by atoms with E-state index < -0.39 is 20.9 Å². The Morgan fingerprint density at radius 1 is 1.23 bits per heavy atom. The van der Waals surface area contributed by atoms with Gasteiger partial charge < -0.3 is 10.1 Å². The van der Waals surface area contributed by atoms with E-state index in [4.69, 9.17) is 14.4 Å². The first kappa shape index (κ1) is 22.6. The third-order valence-corrected chi connectivity index (χ3v) is 6.64. The first-order chi connectivity index (χ1) is 14.7. The van der Waals surface area contributed by atoms with Gasteiger partial charge in [0.15, 0.2) is 0 Å². The number of carbonyl (C=O) groups excluding carboxylic acids is 1. The Labute approximate surface area is 182 Å². The van der Waals surface area contributed by atoms with E-state index in [9.17, 15) is 18.0 Å². The molecule has 1 aromatic heterocycles.